The summed E-state index contributed by atoms with van der Waals surface area (Å²) in [4.78, 5) is 2.00. The lowest BCUT2D eigenvalue weighted by atomic mass is 10.1. The third-order valence-electron chi connectivity index (χ3n) is 2.49. The van der Waals surface area contributed by atoms with Crippen molar-refractivity contribution in [3.05, 3.63) is 0 Å². The second kappa shape index (κ2) is 18.8. The van der Waals surface area contributed by atoms with Crippen molar-refractivity contribution in [2.24, 2.45) is 0 Å². The number of unbranched alkanes of at least 4 members (excludes halogenated alkanes) is 9. The van der Waals surface area contributed by atoms with Crippen LogP contribution in [0.25, 0.3) is 0 Å². The van der Waals surface area contributed by atoms with Crippen LogP contribution < -0.4 is 0 Å². The quantitative estimate of drug-likeness (QED) is 0.381. The number of hydrogen-bond acceptors (Lipinski definition) is 1. The zero-order valence-electron chi connectivity index (χ0n) is 12.6. The van der Waals surface area contributed by atoms with Crippen LogP contribution in [-0.2, 0) is 0 Å². The van der Waals surface area contributed by atoms with E-state index in [9.17, 15) is 0 Å². The average Bonchev–Trinajstić information content (AvgIpc) is 2.26. The average molecular weight is 308 g/mol. The molecule has 0 rings (SSSR count). The first-order chi connectivity index (χ1) is 8.15. The molecule has 106 valence electrons. The van der Waals surface area contributed by atoms with E-state index in [2.05, 4.69) is 22.9 Å². The highest BCUT2D eigenvalue weighted by Crippen LogP contribution is 2.10. The third kappa shape index (κ3) is 31.5. The van der Waals surface area contributed by atoms with E-state index in [1.165, 1.54) is 69.5 Å². The van der Waals surface area contributed by atoms with Gasteiger partial charge < -0.3 is 4.90 Å². The molecule has 1 nitrogen and oxygen atoms in total. The van der Waals surface area contributed by atoms with Gasteiger partial charge in [-0.1, -0.05) is 80.6 Å². The summed E-state index contributed by atoms with van der Waals surface area (Å²) >= 11 is 3.46. The summed E-state index contributed by atoms with van der Waals surface area (Å²) in [5.41, 5.74) is 0. The highest BCUT2D eigenvalue weighted by molar-refractivity contribution is 9.09. The van der Waals surface area contributed by atoms with Gasteiger partial charge in [-0.3, -0.25) is 0 Å². The van der Waals surface area contributed by atoms with Crippen molar-refractivity contribution in [1.29, 1.82) is 0 Å². The van der Waals surface area contributed by atoms with Crippen LogP contribution in [0.3, 0.4) is 0 Å². The van der Waals surface area contributed by atoms with Crippen LogP contribution in [0.2, 0.25) is 0 Å². The standard InChI is InChI=1S/C12H25Br.C3H9N/c1-2-3-4-5-6-7-8-9-10-11-12-13;1-4(2)3/h2-12H2,1H3;1-3H3. The fraction of sp³-hybridized carbons (Fsp3) is 1.00. The predicted octanol–water partition coefficient (Wildman–Crippen LogP) is 5.48. The number of rotatable bonds is 10. The molecule has 0 aliphatic heterocycles. The molecule has 0 unspecified atom stereocenters. The Balaban J connectivity index is 0. The minimum Gasteiger partial charge on any atom is -0.312 e. The van der Waals surface area contributed by atoms with Crippen LogP contribution >= 0.6 is 15.9 Å². The lowest BCUT2D eigenvalue weighted by Gasteiger charge is -2.00. The Morgan fingerprint density at radius 1 is 0.647 bits per heavy atom. The van der Waals surface area contributed by atoms with Crippen molar-refractivity contribution in [3.63, 3.8) is 0 Å². The molecule has 0 atom stereocenters. The van der Waals surface area contributed by atoms with Gasteiger partial charge in [0.25, 0.3) is 0 Å². The summed E-state index contributed by atoms with van der Waals surface area (Å²) in [5.74, 6) is 0. The molecule has 0 spiro atoms. The summed E-state index contributed by atoms with van der Waals surface area (Å²) in [6.45, 7) is 2.28. The first-order valence-electron chi connectivity index (χ1n) is 7.32. The van der Waals surface area contributed by atoms with Gasteiger partial charge >= 0.3 is 0 Å². The number of hydrogen-bond donors (Lipinski definition) is 0. The molecule has 0 aliphatic rings. The van der Waals surface area contributed by atoms with E-state index in [1.807, 2.05) is 26.0 Å². The maximum Gasteiger partial charge on any atom is 0.00313 e. The zero-order valence-corrected chi connectivity index (χ0v) is 14.2. The summed E-state index contributed by atoms with van der Waals surface area (Å²) < 4.78 is 0. The Labute approximate surface area is 118 Å². The van der Waals surface area contributed by atoms with Gasteiger partial charge in [-0.05, 0) is 27.6 Å². The zero-order chi connectivity index (χ0) is 13.4. The molecule has 0 aromatic rings. The molecule has 0 radical (unpaired) electrons. The van der Waals surface area contributed by atoms with Crippen molar-refractivity contribution in [2.45, 2.75) is 71.1 Å². The van der Waals surface area contributed by atoms with Crippen molar-refractivity contribution < 1.29 is 0 Å². The topological polar surface area (TPSA) is 3.24 Å². The van der Waals surface area contributed by atoms with Crippen molar-refractivity contribution in [2.75, 3.05) is 26.5 Å². The van der Waals surface area contributed by atoms with Crippen LogP contribution in [0.4, 0.5) is 0 Å². The van der Waals surface area contributed by atoms with Gasteiger partial charge in [-0.25, -0.2) is 0 Å². The lowest BCUT2D eigenvalue weighted by molar-refractivity contribution is 0.505. The van der Waals surface area contributed by atoms with Crippen LogP contribution in [0.5, 0.6) is 0 Å². The van der Waals surface area contributed by atoms with E-state index >= 15 is 0 Å². The molecule has 2 heteroatoms. The van der Waals surface area contributed by atoms with Gasteiger partial charge in [0.1, 0.15) is 0 Å². The first-order valence-corrected chi connectivity index (χ1v) is 8.44. The van der Waals surface area contributed by atoms with E-state index in [4.69, 9.17) is 0 Å². The van der Waals surface area contributed by atoms with Crippen molar-refractivity contribution in [1.82, 2.24) is 4.90 Å². The molecule has 0 heterocycles. The highest BCUT2D eigenvalue weighted by atomic mass is 79.9. The number of alkyl halides is 1. The summed E-state index contributed by atoms with van der Waals surface area (Å²) in [6, 6.07) is 0. The maximum atomic E-state index is 3.46. The second-order valence-corrected chi connectivity index (χ2v) is 6.01. The largest absolute Gasteiger partial charge is 0.312 e. The summed E-state index contributed by atoms with van der Waals surface area (Å²) in [6.07, 6.45) is 14.3. The Morgan fingerprint density at radius 2 is 0.941 bits per heavy atom. The summed E-state index contributed by atoms with van der Waals surface area (Å²) in [7, 11) is 6.00. The molecular weight excluding hydrogens is 274 g/mol. The van der Waals surface area contributed by atoms with E-state index in [-0.39, 0.29) is 0 Å². The van der Waals surface area contributed by atoms with Crippen molar-refractivity contribution >= 4 is 15.9 Å². The predicted molar refractivity (Wildman–Crippen MR) is 85.2 cm³/mol. The normalized spacial score (nSPS) is 10.2. The molecule has 0 amide bonds. The Morgan fingerprint density at radius 3 is 1.24 bits per heavy atom. The van der Waals surface area contributed by atoms with Gasteiger partial charge in [0.05, 0.1) is 0 Å². The van der Waals surface area contributed by atoms with Crippen molar-refractivity contribution in [3.8, 4) is 0 Å². The first kappa shape index (κ1) is 19.8. The van der Waals surface area contributed by atoms with E-state index < -0.39 is 0 Å². The Hall–Kier alpha value is 0.440. The van der Waals surface area contributed by atoms with Gasteiger partial charge in [0.2, 0.25) is 0 Å². The molecule has 0 N–H and O–H groups in total. The lowest BCUT2D eigenvalue weighted by Crippen LogP contribution is -1.99. The molecule has 17 heavy (non-hydrogen) atoms. The maximum absolute atomic E-state index is 3.46. The fourth-order valence-corrected chi connectivity index (χ4v) is 1.98. The van der Waals surface area contributed by atoms with E-state index in [1.54, 1.807) is 0 Å². The van der Waals surface area contributed by atoms with Crippen LogP contribution in [0.1, 0.15) is 71.1 Å². The molecule has 0 aromatic carbocycles. The smallest absolute Gasteiger partial charge is 0.00313 e. The molecule has 0 aliphatic carbocycles. The van der Waals surface area contributed by atoms with Crippen LogP contribution in [0, 0.1) is 0 Å². The minimum atomic E-state index is 1.18. The van der Waals surface area contributed by atoms with Crippen LogP contribution in [0.15, 0.2) is 0 Å². The second-order valence-electron chi connectivity index (χ2n) is 5.21. The van der Waals surface area contributed by atoms with E-state index in [0.717, 1.165) is 0 Å². The van der Waals surface area contributed by atoms with E-state index in [0.29, 0.717) is 0 Å². The summed E-state index contributed by atoms with van der Waals surface area (Å²) in [5, 5.41) is 1.18. The SMILES string of the molecule is CCCCCCCCCCCCBr.CN(C)C. The molecular formula is C15H34BrN. The molecule has 0 fully saturated rings. The monoisotopic (exact) mass is 307 g/mol. The molecule has 0 bridgehead atoms. The Bertz CT molecular complexity index is 103. The van der Waals surface area contributed by atoms with Gasteiger partial charge in [0, 0.05) is 5.33 Å². The molecule has 0 saturated carbocycles. The number of nitrogens with zero attached hydrogens (tertiary/aromatic N) is 1. The van der Waals surface area contributed by atoms with Gasteiger partial charge in [0.15, 0.2) is 0 Å². The fourth-order valence-electron chi connectivity index (χ4n) is 1.58. The number of halogens is 1. The van der Waals surface area contributed by atoms with Gasteiger partial charge in [-0.15, -0.1) is 0 Å². The van der Waals surface area contributed by atoms with Gasteiger partial charge in [-0.2, -0.15) is 0 Å². The van der Waals surface area contributed by atoms with Crippen LogP contribution in [-0.4, -0.2) is 31.4 Å². The molecule has 0 saturated heterocycles. The minimum absolute atomic E-state index is 1.18. The molecule has 0 aromatic heterocycles. The highest BCUT2D eigenvalue weighted by Gasteiger charge is 1.91. The Kier molecular flexibility index (Phi) is 21.9. The third-order valence-corrected chi connectivity index (χ3v) is 3.05.